The van der Waals surface area contributed by atoms with Crippen LogP contribution in [0.1, 0.15) is 30.9 Å². The first-order valence-corrected chi connectivity index (χ1v) is 13.2. The van der Waals surface area contributed by atoms with Crippen LogP contribution in [-0.2, 0) is 19.1 Å². The Labute approximate surface area is 210 Å². The summed E-state index contributed by atoms with van der Waals surface area (Å²) in [7, 11) is 0. The third kappa shape index (κ3) is 3.64. The number of aliphatic hydroxyl groups is 1. The summed E-state index contributed by atoms with van der Waals surface area (Å²) in [6.45, 7) is 6.28. The number of benzene rings is 1. The number of aryl methyl sites for hydroxylation is 2. The Bertz CT molecular complexity index is 1110. The van der Waals surface area contributed by atoms with E-state index in [1.54, 1.807) is 9.80 Å². The molecule has 0 aliphatic carbocycles. The molecular formula is C27H32N2O5S. The maximum absolute atomic E-state index is 14.4. The van der Waals surface area contributed by atoms with Crippen molar-refractivity contribution in [2.45, 2.75) is 55.7 Å². The van der Waals surface area contributed by atoms with Crippen molar-refractivity contribution in [1.82, 2.24) is 4.90 Å². The first-order chi connectivity index (χ1) is 16.8. The molecule has 0 saturated carbocycles. The number of carbonyl (C=O) groups excluding carboxylic acids is 3. The van der Waals surface area contributed by atoms with Crippen LogP contribution in [0.4, 0.5) is 5.69 Å². The summed E-state index contributed by atoms with van der Waals surface area (Å²) in [6.07, 6.45) is 9.10. The Morgan fingerprint density at radius 2 is 2.00 bits per heavy atom. The van der Waals surface area contributed by atoms with E-state index >= 15 is 0 Å². The molecule has 0 bridgehead atoms. The summed E-state index contributed by atoms with van der Waals surface area (Å²) in [6, 6.07) is 4.68. The maximum Gasteiger partial charge on any atom is 0.311 e. The smallest absolute Gasteiger partial charge is 0.311 e. The van der Waals surface area contributed by atoms with E-state index in [1.807, 2.05) is 63.3 Å². The van der Waals surface area contributed by atoms with Crippen molar-refractivity contribution in [2.75, 3.05) is 24.7 Å². The van der Waals surface area contributed by atoms with Crippen LogP contribution >= 0.6 is 11.8 Å². The van der Waals surface area contributed by atoms with Crippen LogP contribution < -0.4 is 4.90 Å². The third-order valence-corrected chi connectivity index (χ3v) is 9.53. The predicted molar refractivity (Wildman–Crippen MR) is 135 cm³/mol. The van der Waals surface area contributed by atoms with E-state index in [0.717, 1.165) is 16.8 Å². The van der Waals surface area contributed by atoms with Crippen molar-refractivity contribution in [2.24, 2.45) is 11.8 Å². The molecule has 6 atom stereocenters. The first kappa shape index (κ1) is 24.1. The van der Waals surface area contributed by atoms with Gasteiger partial charge in [-0.1, -0.05) is 43.4 Å². The van der Waals surface area contributed by atoms with Gasteiger partial charge in [-0.2, -0.15) is 0 Å². The summed E-state index contributed by atoms with van der Waals surface area (Å²) >= 11 is 1.52. The van der Waals surface area contributed by atoms with E-state index in [-0.39, 0.29) is 36.2 Å². The fourth-order valence-electron chi connectivity index (χ4n) is 6.08. The minimum atomic E-state index is -0.910. The van der Waals surface area contributed by atoms with Gasteiger partial charge in [0.2, 0.25) is 5.91 Å². The molecule has 2 saturated heterocycles. The number of ether oxygens (including phenoxy) is 1. The van der Waals surface area contributed by atoms with Crippen molar-refractivity contribution in [3.63, 3.8) is 0 Å². The number of anilines is 1. The Hall–Kier alpha value is -2.58. The molecule has 8 heteroatoms. The summed E-state index contributed by atoms with van der Waals surface area (Å²) < 4.78 is 4.60. The summed E-state index contributed by atoms with van der Waals surface area (Å²) in [4.78, 5) is 45.0. The molecule has 1 aromatic rings. The molecular weight excluding hydrogens is 464 g/mol. The SMILES string of the molecule is CC[C@@H](CO)N1C(=O)[C@@H]2[C@@H]3C(=O)OCCC=C[C@@H]3S[C@@]23C=CCN(c2cc(C)ccc2C)C(=O)C13. The maximum atomic E-state index is 14.4. The van der Waals surface area contributed by atoms with Crippen LogP contribution in [0.25, 0.3) is 0 Å². The van der Waals surface area contributed by atoms with E-state index in [9.17, 15) is 19.5 Å². The molecule has 0 radical (unpaired) electrons. The molecule has 186 valence electrons. The second-order valence-corrected chi connectivity index (χ2v) is 11.3. The number of rotatable bonds is 4. The van der Waals surface area contributed by atoms with E-state index in [1.165, 1.54) is 11.8 Å². The zero-order chi connectivity index (χ0) is 24.9. The van der Waals surface area contributed by atoms with E-state index < -0.39 is 28.7 Å². The predicted octanol–water partition coefficient (Wildman–Crippen LogP) is 2.78. The fourth-order valence-corrected chi connectivity index (χ4v) is 8.07. The molecule has 1 N–H and O–H groups in total. The van der Waals surface area contributed by atoms with Crippen molar-refractivity contribution < 1.29 is 24.2 Å². The van der Waals surface area contributed by atoms with Crippen LogP contribution in [0, 0.1) is 25.7 Å². The van der Waals surface area contributed by atoms with Crippen LogP contribution in [-0.4, -0.2) is 69.6 Å². The number of nitrogens with zero attached hydrogens (tertiary/aromatic N) is 2. The van der Waals surface area contributed by atoms with Gasteiger partial charge in [-0.25, -0.2) is 0 Å². The number of esters is 1. The summed E-state index contributed by atoms with van der Waals surface area (Å²) in [5, 5.41) is 9.95. The van der Waals surface area contributed by atoms with Crippen molar-refractivity contribution in [3.8, 4) is 0 Å². The zero-order valence-corrected chi connectivity index (χ0v) is 21.2. The van der Waals surface area contributed by atoms with Gasteiger partial charge in [-0.05, 0) is 43.9 Å². The molecule has 0 aromatic heterocycles. The number of hydrogen-bond acceptors (Lipinski definition) is 6. The van der Waals surface area contributed by atoms with Crippen LogP contribution in [0.3, 0.4) is 0 Å². The number of thioether (sulfide) groups is 1. The Balaban J connectivity index is 1.67. The van der Waals surface area contributed by atoms with Gasteiger partial charge in [0.25, 0.3) is 5.91 Å². The fraction of sp³-hybridized carbons (Fsp3) is 0.519. The summed E-state index contributed by atoms with van der Waals surface area (Å²) in [5.74, 6) is -2.20. The standard InChI is InChI=1S/C27H32N2O5S/c1-4-18(15-30)29-23-25(32)28(19-14-16(2)9-10-17(19)3)12-7-11-27(23)22(24(29)31)21-20(35-27)8-5-6-13-34-26(21)33/h5,7-11,14,18,20-23,30H,4,6,12-13,15H2,1-3H3/t18-,20-,21+,22-,23?,27-/m0/s1. The van der Waals surface area contributed by atoms with Gasteiger partial charge in [0.15, 0.2) is 0 Å². The molecule has 1 unspecified atom stereocenters. The van der Waals surface area contributed by atoms with Gasteiger partial charge >= 0.3 is 5.97 Å². The summed E-state index contributed by atoms with van der Waals surface area (Å²) in [5.41, 5.74) is 2.84. The molecule has 1 spiro atoms. The molecule has 5 rings (SSSR count). The number of hydrogen-bond donors (Lipinski definition) is 1. The Morgan fingerprint density at radius 3 is 2.74 bits per heavy atom. The Morgan fingerprint density at radius 1 is 1.20 bits per heavy atom. The lowest BCUT2D eigenvalue weighted by Crippen LogP contribution is -2.56. The Kier molecular flexibility index (Phi) is 6.30. The highest BCUT2D eigenvalue weighted by atomic mass is 32.2. The number of cyclic esters (lactones) is 1. The zero-order valence-electron chi connectivity index (χ0n) is 20.3. The second-order valence-electron chi connectivity index (χ2n) is 9.86. The van der Waals surface area contributed by atoms with Gasteiger partial charge in [-0.3, -0.25) is 14.4 Å². The molecule has 2 amide bonds. The molecule has 7 nitrogen and oxygen atoms in total. The van der Waals surface area contributed by atoms with E-state index in [4.69, 9.17) is 4.74 Å². The normalized spacial score (nSPS) is 33.0. The number of amides is 2. The average molecular weight is 497 g/mol. The minimum Gasteiger partial charge on any atom is -0.465 e. The lowest BCUT2D eigenvalue weighted by molar-refractivity contribution is -0.153. The van der Waals surface area contributed by atoms with E-state index in [2.05, 4.69) is 0 Å². The largest absolute Gasteiger partial charge is 0.465 e. The average Bonchev–Trinajstić information content (AvgIpc) is 3.21. The lowest BCUT2D eigenvalue weighted by atomic mass is 9.78. The molecule has 4 heterocycles. The van der Waals surface area contributed by atoms with Crippen molar-refractivity contribution in [1.29, 1.82) is 0 Å². The molecule has 1 aromatic carbocycles. The van der Waals surface area contributed by atoms with Gasteiger partial charge in [-0.15, -0.1) is 11.8 Å². The van der Waals surface area contributed by atoms with Crippen LogP contribution in [0.15, 0.2) is 42.5 Å². The first-order valence-electron chi connectivity index (χ1n) is 12.3. The van der Waals surface area contributed by atoms with Crippen molar-refractivity contribution in [3.05, 3.63) is 53.6 Å². The minimum absolute atomic E-state index is 0.175. The van der Waals surface area contributed by atoms with Crippen LogP contribution in [0.5, 0.6) is 0 Å². The van der Waals surface area contributed by atoms with Gasteiger partial charge < -0.3 is 19.6 Å². The topological polar surface area (TPSA) is 87.2 Å². The second kappa shape index (κ2) is 9.13. The molecule has 4 aliphatic rings. The van der Waals surface area contributed by atoms with E-state index in [0.29, 0.717) is 19.4 Å². The van der Waals surface area contributed by atoms with Crippen molar-refractivity contribution >= 4 is 35.2 Å². The monoisotopic (exact) mass is 496 g/mol. The van der Waals surface area contributed by atoms with Gasteiger partial charge in [0.05, 0.1) is 35.8 Å². The number of fused-ring (bicyclic) bond motifs is 2. The number of aliphatic hydroxyl groups excluding tert-OH is 1. The van der Waals surface area contributed by atoms with Crippen LogP contribution in [0.2, 0.25) is 0 Å². The highest BCUT2D eigenvalue weighted by Gasteiger charge is 2.71. The third-order valence-electron chi connectivity index (χ3n) is 7.79. The quantitative estimate of drug-likeness (QED) is 0.510. The molecule has 35 heavy (non-hydrogen) atoms. The number of likely N-dealkylation sites (tertiary alicyclic amines) is 1. The number of carbonyl (C=O) groups is 3. The highest BCUT2D eigenvalue weighted by molar-refractivity contribution is 8.02. The van der Waals surface area contributed by atoms with Gasteiger partial charge in [0.1, 0.15) is 6.04 Å². The lowest BCUT2D eigenvalue weighted by Gasteiger charge is -2.38. The van der Waals surface area contributed by atoms with Gasteiger partial charge in [0, 0.05) is 17.5 Å². The molecule has 4 aliphatic heterocycles. The molecule has 2 fully saturated rings. The highest BCUT2D eigenvalue weighted by Crippen LogP contribution is 2.61.